The molecule has 0 amide bonds. The predicted octanol–water partition coefficient (Wildman–Crippen LogP) is 0.337. The first-order valence-electron chi connectivity index (χ1n) is 4.23. The quantitative estimate of drug-likeness (QED) is 0.768. The number of hydrogen-bond donors (Lipinski definition) is 2. The number of aliphatic hydroxyl groups excluding tert-OH is 1. The lowest BCUT2D eigenvalue weighted by molar-refractivity contribution is 0.292. The Morgan fingerprint density at radius 3 is 3.07 bits per heavy atom. The Hall–Kier alpha value is -0.880. The van der Waals surface area contributed by atoms with E-state index < -0.39 is 0 Å². The summed E-state index contributed by atoms with van der Waals surface area (Å²) in [4.78, 5) is 11.4. The first-order valence-corrected chi connectivity index (χ1v) is 5.02. The molecule has 1 heterocycles. The van der Waals surface area contributed by atoms with Crippen LogP contribution in [-0.2, 0) is 7.05 Å². The maximum Gasteiger partial charge on any atom is 0.282 e. The number of halogens is 1. The van der Waals surface area contributed by atoms with Crippen LogP contribution in [0.4, 0.5) is 5.69 Å². The molecule has 0 aliphatic carbocycles. The third-order valence-electron chi connectivity index (χ3n) is 1.73. The first kappa shape index (κ1) is 11.2. The summed E-state index contributed by atoms with van der Waals surface area (Å²) in [6, 6.07) is 0. The number of aryl methyl sites for hydroxylation is 1. The topological polar surface area (TPSA) is 67.2 Å². The van der Waals surface area contributed by atoms with E-state index in [4.69, 9.17) is 5.11 Å². The van der Waals surface area contributed by atoms with Crippen molar-refractivity contribution in [2.45, 2.75) is 6.42 Å². The highest BCUT2D eigenvalue weighted by molar-refractivity contribution is 9.10. The minimum atomic E-state index is -0.181. The highest BCUT2D eigenvalue weighted by Gasteiger charge is 2.05. The molecule has 6 heteroatoms. The molecule has 1 aromatic rings. The zero-order chi connectivity index (χ0) is 10.6. The summed E-state index contributed by atoms with van der Waals surface area (Å²) in [7, 11) is 1.59. The lowest BCUT2D eigenvalue weighted by atomic mass is 10.4. The Morgan fingerprint density at radius 1 is 1.71 bits per heavy atom. The molecule has 0 radical (unpaired) electrons. The van der Waals surface area contributed by atoms with Crippen molar-refractivity contribution in [2.24, 2.45) is 7.05 Å². The summed E-state index contributed by atoms with van der Waals surface area (Å²) in [5.41, 5.74) is 0.473. The van der Waals surface area contributed by atoms with Crippen molar-refractivity contribution in [3.63, 3.8) is 0 Å². The Bertz CT molecular complexity index is 364. The van der Waals surface area contributed by atoms with Gasteiger partial charge in [-0.15, -0.1) is 0 Å². The van der Waals surface area contributed by atoms with Crippen LogP contribution in [-0.4, -0.2) is 28.0 Å². The van der Waals surface area contributed by atoms with E-state index in [0.717, 1.165) is 0 Å². The van der Waals surface area contributed by atoms with Gasteiger partial charge in [0, 0.05) is 20.2 Å². The molecule has 0 unspecified atom stereocenters. The van der Waals surface area contributed by atoms with Crippen molar-refractivity contribution in [2.75, 3.05) is 18.5 Å². The molecule has 1 aromatic heterocycles. The normalized spacial score (nSPS) is 10.2. The number of anilines is 1. The largest absolute Gasteiger partial charge is 0.396 e. The fourth-order valence-corrected chi connectivity index (χ4v) is 1.44. The Kier molecular flexibility index (Phi) is 4.09. The van der Waals surface area contributed by atoms with Crippen LogP contribution in [0.3, 0.4) is 0 Å². The zero-order valence-electron chi connectivity index (χ0n) is 7.83. The number of rotatable bonds is 4. The van der Waals surface area contributed by atoms with Gasteiger partial charge in [0.15, 0.2) is 0 Å². The van der Waals surface area contributed by atoms with Gasteiger partial charge in [0.25, 0.3) is 5.56 Å². The molecule has 2 N–H and O–H groups in total. The molecule has 0 fully saturated rings. The maximum atomic E-state index is 11.4. The second-order valence-corrected chi connectivity index (χ2v) is 3.60. The summed E-state index contributed by atoms with van der Waals surface area (Å²) in [6.07, 6.45) is 2.21. The van der Waals surface area contributed by atoms with Crippen molar-refractivity contribution in [1.82, 2.24) is 9.78 Å². The van der Waals surface area contributed by atoms with Gasteiger partial charge in [0.05, 0.1) is 11.9 Å². The van der Waals surface area contributed by atoms with Crippen LogP contribution in [0.2, 0.25) is 0 Å². The Morgan fingerprint density at radius 2 is 2.43 bits per heavy atom. The van der Waals surface area contributed by atoms with Gasteiger partial charge in [-0.3, -0.25) is 4.79 Å². The highest BCUT2D eigenvalue weighted by Crippen LogP contribution is 2.15. The lowest BCUT2D eigenvalue weighted by Gasteiger charge is -2.07. The van der Waals surface area contributed by atoms with E-state index >= 15 is 0 Å². The van der Waals surface area contributed by atoms with Crippen LogP contribution in [0, 0.1) is 0 Å². The van der Waals surface area contributed by atoms with E-state index in [1.54, 1.807) is 13.2 Å². The first-order chi connectivity index (χ1) is 6.66. The number of nitrogens with zero attached hydrogens (tertiary/aromatic N) is 2. The van der Waals surface area contributed by atoms with E-state index in [-0.39, 0.29) is 12.2 Å². The van der Waals surface area contributed by atoms with Crippen molar-refractivity contribution in [3.05, 3.63) is 21.0 Å². The van der Waals surface area contributed by atoms with Crippen molar-refractivity contribution < 1.29 is 5.11 Å². The molecular formula is C8H12BrN3O2. The Balaban J connectivity index is 2.79. The molecule has 0 aromatic carbocycles. The molecule has 14 heavy (non-hydrogen) atoms. The standard InChI is InChI=1S/C8H12BrN3O2/c1-12-8(14)7(9)6(5-11-12)10-3-2-4-13/h5,10,13H,2-4H2,1H3. The van der Waals surface area contributed by atoms with Crippen molar-refractivity contribution in [1.29, 1.82) is 0 Å². The summed E-state index contributed by atoms with van der Waals surface area (Å²) >= 11 is 3.18. The van der Waals surface area contributed by atoms with Gasteiger partial charge in [-0.2, -0.15) is 5.10 Å². The van der Waals surface area contributed by atoms with Crippen LogP contribution >= 0.6 is 15.9 Å². The molecule has 0 aliphatic rings. The number of aromatic nitrogens is 2. The minimum absolute atomic E-state index is 0.128. The molecule has 0 saturated carbocycles. The molecule has 0 aliphatic heterocycles. The summed E-state index contributed by atoms with van der Waals surface area (Å²) < 4.78 is 1.72. The van der Waals surface area contributed by atoms with Crippen molar-refractivity contribution >= 4 is 21.6 Å². The van der Waals surface area contributed by atoms with E-state index in [1.807, 2.05) is 0 Å². The van der Waals surface area contributed by atoms with Crippen LogP contribution in [0.25, 0.3) is 0 Å². The summed E-state index contributed by atoms with van der Waals surface area (Å²) in [6.45, 7) is 0.743. The average molecular weight is 262 g/mol. The number of hydrogen-bond acceptors (Lipinski definition) is 4. The monoisotopic (exact) mass is 261 g/mol. The minimum Gasteiger partial charge on any atom is -0.396 e. The smallest absolute Gasteiger partial charge is 0.282 e. The van der Waals surface area contributed by atoms with Crippen molar-refractivity contribution in [3.8, 4) is 0 Å². The average Bonchev–Trinajstić information content (AvgIpc) is 2.18. The van der Waals surface area contributed by atoms with E-state index in [0.29, 0.717) is 23.1 Å². The second kappa shape index (κ2) is 5.11. The zero-order valence-corrected chi connectivity index (χ0v) is 9.41. The van der Waals surface area contributed by atoms with Gasteiger partial charge in [0.2, 0.25) is 0 Å². The molecule has 0 bridgehead atoms. The fraction of sp³-hybridized carbons (Fsp3) is 0.500. The molecule has 78 valence electrons. The van der Waals surface area contributed by atoms with Gasteiger partial charge >= 0.3 is 0 Å². The van der Waals surface area contributed by atoms with Gasteiger partial charge in [-0.05, 0) is 22.4 Å². The molecular weight excluding hydrogens is 250 g/mol. The third kappa shape index (κ3) is 2.55. The lowest BCUT2D eigenvalue weighted by Crippen LogP contribution is -2.21. The third-order valence-corrected chi connectivity index (χ3v) is 2.49. The molecule has 5 nitrogen and oxygen atoms in total. The fourth-order valence-electron chi connectivity index (χ4n) is 0.936. The highest BCUT2D eigenvalue weighted by atomic mass is 79.9. The van der Waals surface area contributed by atoms with Gasteiger partial charge in [-0.1, -0.05) is 0 Å². The SMILES string of the molecule is Cn1ncc(NCCCO)c(Br)c1=O. The van der Waals surface area contributed by atoms with Gasteiger partial charge in [-0.25, -0.2) is 4.68 Å². The second-order valence-electron chi connectivity index (χ2n) is 2.80. The maximum absolute atomic E-state index is 11.4. The Labute approximate surface area is 89.9 Å². The number of aliphatic hydroxyl groups is 1. The molecule has 1 rings (SSSR count). The van der Waals surface area contributed by atoms with E-state index in [2.05, 4.69) is 26.3 Å². The molecule has 0 spiro atoms. The summed E-state index contributed by atoms with van der Waals surface area (Å²) in [5, 5.41) is 15.4. The predicted molar refractivity (Wildman–Crippen MR) is 57.4 cm³/mol. The van der Waals surface area contributed by atoms with Crippen LogP contribution in [0.5, 0.6) is 0 Å². The van der Waals surface area contributed by atoms with Gasteiger partial charge in [0.1, 0.15) is 4.47 Å². The van der Waals surface area contributed by atoms with Crippen LogP contribution < -0.4 is 10.9 Å². The number of nitrogens with one attached hydrogen (secondary N) is 1. The van der Waals surface area contributed by atoms with Crippen LogP contribution in [0.15, 0.2) is 15.5 Å². The molecule has 0 atom stereocenters. The summed E-state index contributed by atoms with van der Waals surface area (Å²) in [5.74, 6) is 0. The van der Waals surface area contributed by atoms with Crippen LogP contribution in [0.1, 0.15) is 6.42 Å². The van der Waals surface area contributed by atoms with Gasteiger partial charge < -0.3 is 10.4 Å². The molecule has 0 saturated heterocycles. The van der Waals surface area contributed by atoms with E-state index in [9.17, 15) is 4.79 Å². The van der Waals surface area contributed by atoms with E-state index in [1.165, 1.54) is 4.68 Å².